The highest BCUT2D eigenvalue weighted by Crippen LogP contribution is 2.28. The molecule has 1 saturated carbocycles. The summed E-state index contributed by atoms with van der Waals surface area (Å²) < 4.78 is 27.3. The first-order valence-electron chi connectivity index (χ1n) is 10.1. The van der Waals surface area contributed by atoms with Crippen LogP contribution in [0.15, 0.2) is 65.6 Å². The van der Waals surface area contributed by atoms with E-state index in [0.717, 1.165) is 18.4 Å². The van der Waals surface area contributed by atoms with Gasteiger partial charge in [0, 0.05) is 23.7 Å². The lowest BCUT2D eigenvalue weighted by atomic mass is 10.1. The van der Waals surface area contributed by atoms with Gasteiger partial charge in [0.25, 0.3) is 15.9 Å². The van der Waals surface area contributed by atoms with E-state index in [0.29, 0.717) is 17.8 Å². The van der Waals surface area contributed by atoms with Crippen LogP contribution < -0.4 is 15.4 Å². The molecule has 1 fully saturated rings. The lowest BCUT2D eigenvalue weighted by Crippen LogP contribution is -2.24. The van der Waals surface area contributed by atoms with Gasteiger partial charge < -0.3 is 10.6 Å². The molecule has 2 amide bonds. The molecule has 1 aliphatic carbocycles. The van der Waals surface area contributed by atoms with Crippen LogP contribution in [0.1, 0.15) is 28.8 Å². The first-order chi connectivity index (χ1) is 15.8. The van der Waals surface area contributed by atoms with Gasteiger partial charge >= 0.3 is 0 Å². The fourth-order valence-electron chi connectivity index (χ4n) is 2.94. The van der Waals surface area contributed by atoms with E-state index in [1.54, 1.807) is 24.3 Å². The SMILES string of the molecule is O=C(Nc1ccc(S(=O)(=O)Nc2ccc(Cl)nn2)cc1)c1ccc(CNC(=O)C2CC2)cc1. The number of carbonyl (C=O) groups excluding carboxylic acids is 2. The number of hydrogen-bond donors (Lipinski definition) is 3. The highest BCUT2D eigenvalue weighted by Gasteiger charge is 2.29. The molecule has 9 nitrogen and oxygen atoms in total. The van der Waals surface area contributed by atoms with Gasteiger partial charge in [-0.3, -0.25) is 14.3 Å². The third-order valence-electron chi connectivity index (χ3n) is 4.92. The molecule has 33 heavy (non-hydrogen) atoms. The molecular weight excluding hydrogens is 466 g/mol. The number of halogens is 1. The number of amides is 2. The van der Waals surface area contributed by atoms with E-state index >= 15 is 0 Å². The highest BCUT2D eigenvalue weighted by atomic mass is 35.5. The molecule has 0 atom stereocenters. The van der Waals surface area contributed by atoms with E-state index < -0.39 is 10.0 Å². The molecule has 2 aromatic carbocycles. The van der Waals surface area contributed by atoms with Gasteiger partial charge in [-0.2, -0.15) is 0 Å². The monoisotopic (exact) mass is 485 g/mol. The van der Waals surface area contributed by atoms with Crippen molar-refractivity contribution in [3.05, 3.63) is 76.9 Å². The quantitative estimate of drug-likeness (QED) is 0.449. The van der Waals surface area contributed by atoms with Crippen LogP contribution in [0.2, 0.25) is 5.15 Å². The third-order valence-corrected chi connectivity index (χ3v) is 6.50. The second-order valence-corrected chi connectivity index (χ2v) is 9.58. The number of anilines is 2. The van der Waals surface area contributed by atoms with Crippen LogP contribution in [0.3, 0.4) is 0 Å². The standard InChI is InChI=1S/C22H20ClN5O4S/c23-19-11-12-20(27-26-19)28-33(31,32)18-9-7-17(8-10-18)25-22(30)16-3-1-14(2-4-16)13-24-21(29)15-5-6-15/h1-4,7-12,15H,5-6,13H2,(H,24,29)(H,25,30)(H,27,28). The van der Waals surface area contributed by atoms with Crippen LogP contribution in [-0.2, 0) is 21.4 Å². The summed E-state index contributed by atoms with van der Waals surface area (Å²) in [6, 6.07) is 15.4. The molecular formula is C22H20ClN5O4S. The van der Waals surface area contributed by atoms with E-state index in [1.165, 1.54) is 36.4 Å². The molecule has 0 radical (unpaired) electrons. The molecule has 1 heterocycles. The number of nitrogens with one attached hydrogen (secondary N) is 3. The van der Waals surface area contributed by atoms with Crippen molar-refractivity contribution in [1.82, 2.24) is 15.5 Å². The Bertz CT molecular complexity index is 1260. The Morgan fingerprint density at radius 1 is 0.939 bits per heavy atom. The lowest BCUT2D eigenvalue weighted by molar-refractivity contribution is -0.122. The van der Waals surface area contributed by atoms with Gasteiger partial charge in [0.2, 0.25) is 5.91 Å². The largest absolute Gasteiger partial charge is 0.352 e. The molecule has 0 unspecified atom stereocenters. The van der Waals surface area contributed by atoms with Crippen molar-refractivity contribution in [3.8, 4) is 0 Å². The summed E-state index contributed by atoms with van der Waals surface area (Å²) in [5.74, 6) is -0.0852. The van der Waals surface area contributed by atoms with Crippen LogP contribution in [0.5, 0.6) is 0 Å². The highest BCUT2D eigenvalue weighted by molar-refractivity contribution is 7.92. The summed E-state index contributed by atoms with van der Waals surface area (Å²) in [5, 5.41) is 13.0. The summed E-state index contributed by atoms with van der Waals surface area (Å²) in [6.07, 6.45) is 1.90. The second-order valence-electron chi connectivity index (χ2n) is 7.51. The fourth-order valence-corrected chi connectivity index (χ4v) is 4.04. The molecule has 1 aromatic heterocycles. The first-order valence-corrected chi connectivity index (χ1v) is 12.0. The molecule has 0 aliphatic heterocycles. The van der Waals surface area contributed by atoms with Gasteiger partial charge in [0.05, 0.1) is 4.90 Å². The predicted octanol–water partition coefficient (Wildman–Crippen LogP) is 3.21. The minimum absolute atomic E-state index is 0.00477. The number of nitrogens with zero attached hydrogens (tertiary/aromatic N) is 2. The Morgan fingerprint density at radius 3 is 2.24 bits per heavy atom. The number of rotatable bonds is 8. The third kappa shape index (κ3) is 6.05. The molecule has 3 aromatic rings. The molecule has 0 spiro atoms. The van der Waals surface area contributed by atoms with Gasteiger partial charge in [-0.1, -0.05) is 23.7 Å². The molecule has 1 aliphatic rings. The Kier molecular flexibility index (Phi) is 6.57. The minimum Gasteiger partial charge on any atom is -0.352 e. The van der Waals surface area contributed by atoms with E-state index in [9.17, 15) is 18.0 Å². The van der Waals surface area contributed by atoms with Crippen molar-refractivity contribution >= 4 is 44.9 Å². The van der Waals surface area contributed by atoms with Crippen molar-refractivity contribution in [2.45, 2.75) is 24.3 Å². The van der Waals surface area contributed by atoms with Crippen LogP contribution in [0.4, 0.5) is 11.5 Å². The fraction of sp³-hybridized carbons (Fsp3) is 0.182. The van der Waals surface area contributed by atoms with E-state index in [-0.39, 0.29) is 33.6 Å². The molecule has 0 bridgehead atoms. The molecule has 11 heteroatoms. The van der Waals surface area contributed by atoms with E-state index in [1.807, 2.05) is 0 Å². The number of benzene rings is 2. The Balaban J connectivity index is 1.34. The number of hydrogen-bond acceptors (Lipinski definition) is 6. The maximum Gasteiger partial charge on any atom is 0.263 e. The van der Waals surface area contributed by atoms with Gasteiger partial charge in [0.1, 0.15) is 0 Å². The molecule has 3 N–H and O–H groups in total. The van der Waals surface area contributed by atoms with Crippen LogP contribution >= 0.6 is 11.6 Å². The van der Waals surface area contributed by atoms with Crippen molar-refractivity contribution in [1.29, 1.82) is 0 Å². The first kappa shape index (κ1) is 22.7. The Hall–Kier alpha value is -3.50. The number of aromatic nitrogens is 2. The molecule has 0 saturated heterocycles. The van der Waals surface area contributed by atoms with Crippen molar-refractivity contribution < 1.29 is 18.0 Å². The Labute approximate surface area is 195 Å². The van der Waals surface area contributed by atoms with Gasteiger partial charge in [-0.05, 0) is 66.9 Å². The van der Waals surface area contributed by atoms with Crippen LogP contribution in [-0.4, -0.2) is 30.4 Å². The van der Waals surface area contributed by atoms with Gasteiger partial charge in [-0.25, -0.2) is 8.42 Å². The zero-order valence-corrected chi connectivity index (χ0v) is 18.9. The maximum atomic E-state index is 12.5. The number of sulfonamides is 1. The van der Waals surface area contributed by atoms with Crippen LogP contribution in [0.25, 0.3) is 0 Å². The summed E-state index contributed by atoms with van der Waals surface area (Å²) >= 11 is 5.65. The van der Waals surface area contributed by atoms with E-state index in [4.69, 9.17) is 11.6 Å². The summed E-state index contributed by atoms with van der Waals surface area (Å²) in [6.45, 7) is 0.419. The molecule has 170 valence electrons. The minimum atomic E-state index is -3.88. The summed E-state index contributed by atoms with van der Waals surface area (Å²) in [7, 11) is -3.88. The summed E-state index contributed by atoms with van der Waals surface area (Å²) in [4.78, 5) is 24.2. The predicted molar refractivity (Wildman–Crippen MR) is 123 cm³/mol. The smallest absolute Gasteiger partial charge is 0.263 e. The van der Waals surface area contributed by atoms with Gasteiger partial charge in [-0.15, -0.1) is 10.2 Å². The Morgan fingerprint density at radius 2 is 1.64 bits per heavy atom. The maximum absolute atomic E-state index is 12.5. The van der Waals surface area contributed by atoms with Crippen molar-refractivity contribution in [2.75, 3.05) is 10.0 Å². The zero-order chi connectivity index (χ0) is 23.4. The second kappa shape index (κ2) is 9.55. The zero-order valence-electron chi connectivity index (χ0n) is 17.3. The topological polar surface area (TPSA) is 130 Å². The van der Waals surface area contributed by atoms with Crippen molar-refractivity contribution in [3.63, 3.8) is 0 Å². The number of carbonyl (C=O) groups is 2. The van der Waals surface area contributed by atoms with Crippen molar-refractivity contribution in [2.24, 2.45) is 5.92 Å². The lowest BCUT2D eigenvalue weighted by Gasteiger charge is -2.09. The molecule has 4 rings (SSSR count). The average Bonchev–Trinajstić information content (AvgIpc) is 3.65. The average molecular weight is 486 g/mol. The van der Waals surface area contributed by atoms with E-state index in [2.05, 4.69) is 25.6 Å². The normalized spacial score (nSPS) is 13.2. The van der Waals surface area contributed by atoms with Crippen LogP contribution in [0, 0.1) is 5.92 Å². The van der Waals surface area contributed by atoms with Gasteiger partial charge in [0.15, 0.2) is 11.0 Å². The summed E-state index contributed by atoms with van der Waals surface area (Å²) in [5.41, 5.74) is 1.77.